The van der Waals surface area contributed by atoms with Crippen molar-refractivity contribution >= 4 is 17.7 Å². The number of anilines is 2. The fourth-order valence-electron chi connectivity index (χ4n) is 4.19. The molecule has 6 heteroatoms. The molecule has 24 heavy (non-hydrogen) atoms. The molecule has 4 heterocycles. The maximum atomic E-state index is 11.6. The van der Waals surface area contributed by atoms with Crippen molar-refractivity contribution in [2.75, 3.05) is 42.5 Å². The summed E-state index contributed by atoms with van der Waals surface area (Å²) in [5.74, 6) is 2.19. The second-order valence-electron chi connectivity index (χ2n) is 7.51. The maximum Gasteiger partial charge on any atom is 0.227 e. The van der Waals surface area contributed by atoms with E-state index in [9.17, 15) is 4.79 Å². The Balaban J connectivity index is 1.51. The molecular formula is C18H27N5O. The molecule has 0 aromatic carbocycles. The Kier molecular flexibility index (Phi) is 4.06. The van der Waals surface area contributed by atoms with Gasteiger partial charge in [-0.3, -0.25) is 4.79 Å². The molecule has 0 atom stereocenters. The number of aromatic nitrogens is 2. The Labute approximate surface area is 143 Å². The van der Waals surface area contributed by atoms with E-state index in [0.29, 0.717) is 6.42 Å². The van der Waals surface area contributed by atoms with E-state index in [-0.39, 0.29) is 11.3 Å². The van der Waals surface area contributed by atoms with Gasteiger partial charge in [0.2, 0.25) is 11.9 Å². The SMILES string of the molecule is CCc1cc(N2CCC3(CC2)CNC(=O)C3)nc(N2CCCC2)n1. The monoisotopic (exact) mass is 329 g/mol. The van der Waals surface area contributed by atoms with E-state index in [4.69, 9.17) is 9.97 Å². The number of rotatable bonds is 3. The van der Waals surface area contributed by atoms with Gasteiger partial charge in [-0.1, -0.05) is 6.92 Å². The largest absolute Gasteiger partial charge is 0.356 e. The van der Waals surface area contributed by atoms with Crippen molar-refractivity contribution in [2.45, 2.75) is 45.4 Å². The van der Waals surface area contributed by atoms with Crippen molar-refractivity contribution in [1.29, 1.82) is 0 Å². The zero-order chi connectivity index (χ0) is 16.6. The lowest BCUT2D eigenvalue weighted by Crippen LogP contribution is -2.41. The smallest absolute Gasteiger partial charge is 0.227 e. The summed E-state index contributed by atoms with van der Waals surface area (Å²) in [5.41, 5.74) is 1.31. The van der Waals surface area contributed by atoms with Crippen LogP contribution in [0.1, 0.15) is 44.7 Å². The fraction of sp³-hybridized carbons (Fsp3) is 0.722. The predicted octanol–water partition coefficient (Wildman–Crippen LogP) is 1.75. The minimum Gasteiger partial charge on any atom is -0.356 e. The van der Waals surface area contributed by atoms with Gasteiger partial charge in [-0.05, 0) is 37.5 Å². The summed E-state index contributed by atoms with van der Waals surface area (Å²) in [7, 11) is 0. The van der Waals surface area contributed by atoms with Crippen LogP contribution in [0.4, 0.5) is 11.8 Å². The average Bonchev–Trinajstić information content (AvgIpc) is 3.26. The molecule has 0 radical (unpaired) electrons. The highest BCUT2D eigenvalue weighted by Crippen LogP contribution is 2.38. The van der Waals surface area contributed by atoms with Gasteiger partial charge in [-0.2, -0.15) is 4.98 Å². The highest BCUT2D eigenvalue weighted by molar-refractivity contribution is 5.79. The van der Waals surface area contributed by atoms with Crippen LogP contribution in [0.2, 0.25) is 0 Å². The van der Waals surface area contributed by atoms with E-state index in [2.05, 4.69) is 28.1 Å². The zero-order valence-corrected chi connectivity index (χ0v) is 14.6. The van der Waals surface area contributed by atoms with Crippen LogP contribution < -0.4 is 15.1 Å². The zero-order valence-electron chi connectivity index (χ0n) is 14.6. The van der Waals surface area contributed by atoms with E-state index in [0.717, 1.165) is 69.4 Å². The van der Waals surface area contributed by atoms with Crippen LogP contribution in [0.5, 0.6) is 0 Å². The molecular weight excluding hydrogens is 302 g/mol. The number of nitrogens with zero attached hydrogens (tertiary/aromatic N) is 4. The molecule has 1 N–H and O–H groups in total. The van der Waals surface area contributed by atoms with Crippen LogP contribution in [0.15, 0.2) is 6.07 Å². The van der Waals surface area contributed by atoms with Crippen molar-refractivity contribution < 1.29 is 4.79 Å². The van der Waals surface area contributed by atoms with E-state index >= 15 is 0 Å². The lowest BCUT2D eigenvalue weighted by molar-refractivity contribution is -0.119. The van der Waals surface area contributed by atoms with Crippen molar-refractivity contribution in [3.8, 4) is 0 Å². The van der Waals surface area contributed by atoms with Gasteiger partial charge < -0.3 is 15.1 Å². The van der Waals surface area contributed by atoms with Gasteiger partial charge in [-0.25, -0.2) is 4.98 Å². The number of carbonyl (C=O) groups excluding carboxylic acids is 1. The first-order chi connectivity index (χ1) is 11.7. The molecule has 1 aromatic rings. The van der Waals surface area contributed by atoms with Crippen LogP contribution in [0, 0.1) is 5.41 Å². The summed E-state index contributed by atoms with van der Waals surface area (Å²) < 4.78 is 0. The highest BCUT2D eigenvalue weighted by Gasteiger charge is 2.41. The van der Waals surface area contributed by atoms with Gasteiger partial charge >= 0.3 is 0 Å². The lowest BCUT2D eigenvalue weighted by atomic mass is 9.77. The van der Waals surface area contributed by atoms with Crippen molar-refractivity contribution in [3.05, 3.63) is 11.8 Å². The minimum atomic E-state index is 0.186. The summed E-state index contributed by atoms with van der Waals surface area (Å²) in [6.45, 7) is 7.11. The molecule has 3 aliphatic rings. The molecule has 3 aliphatic heterocycles. The summed E-state index contributed by atoms with van der Waals surface area (Å²) in [5, 5.41) is 3.01. The number of aryl methyl sites for hydroxylation is 1. The molecule has 1 amide bonds. The predicted molar refractivity (Wildman–Crippen MR) is 94.4 cm³/mol. The van der Waals surface area contributed by atoms with E-state index < -0.39 is 0 Å². The molecule has 0 unspecified atom stereocenters. The minimum absolute atomic E-state index is 0.186. The second-order valence-corrected chi connectivity index (χ2v) is 7.51. The van der Waals surface area contributed by atoms with E-state index in [1.807, 2.05) is 0 Å². The van der Waals surface area contributed by atoms with Crippen LogP contribution in [-0.4, -0.2) is 48.6 Å². The molecule has 3 fully saturated rings. The molecule has 3 saturated heterocycles. The van der Waals surface area contributed by atoms with Crippen LogP contribution in [0.3, 0.4) is 0 Å². The van der Waals surface area contributed by atoms with Gasteiger partial charge in [0, 0.05) is 50.9 Å². The Morgan fingerprint density at radius 3 is 2.50 bits per heavy atom. The van der Waals surface area contributed by atoms with Crippen LogP contribution in [0.25, 0.3) is 0 Å². The Morgan fingerprint density at radius 2 is 1.88 bits per heavy atom. The average molecular weight is 329 g/mol. The van der Waals surface area contributed by atoms with Crippen molar-refractivity contribution in [3.63, 3.8) is 0 Å². The summed E-state index contributed by atoms with van der Waals surface area (Å²) >= 11 is 0. The van der Waals surface area contributed by atoms with Gasteiger partial charge in [0.1, 0.15) is 5.82 Å². The van der Waals surface area contributed by atoms with Crippen LogP contribution in [-0.2, 0) is 11.2 Å². The van der Waals surface area contributed by atoms with Gasteiger partial charge in [0.05, 0.1) is 0 Å². The molecule has 0 saturated carbocycles. The van der Waals surface area contributed by atoms with E-state index in [1.54, 1.807) is 0 Å². The van der Waals surface area contributed by atoms with Gasteiger partial charge in [0.25, 0.3) is 0 Å². The molecule has 4 rings (SSSR count). The number of hydrogen-bond donors (Lipinski definition) is 1. The number of nitrogens with one attached hydrogen (secondary N) is 1. The quantitative estimate of drug-likeness (QED) is 0.915. The Hall–Kier alpha value is -1.85. The third-order valence-corrected chi connectivity index (χ3v) is 5.85. The molecule has 1 spiro atoms. The number of amides is 1. The molecule has 1 aromatic heterocycles. The number of piperidine rings is 1. The van der Waals surface area contributed by atoms with Gasteiger partial charge in [-0.15, -0.1) is 0 Å². The summed E-state index contributed by atoms with van der Waals surface area (Å²) in [6, 6.07) is 2.15. The maximum absolute atomic E-state index is 11.6. The first-order valence-electron chi connectivity index (χ1n) is 9.32. The molecule has 6 nitrogen and oxygen atoms in total. The highest BCUT2D eigenvalue weighted by atomic mass is 16.1. The van der Waals surface area contributed by atoms with Crippen LogP contribution >= 0.6 is 0 Å². The second kappa shape index (κ2) is 6.22. The Bertz CT molecular complexity index is 618. The summed E-state index contributed by atoms with van der Waals surface area (Å²) in [6.07, 6.45) is 6.24. The van der Waals surface area contributed by atoms with Crippen molar-refractivity contribution in [1.82, 2.24) is 15.3 Å². The van der Waals surface area contributed by atoms with Crippen molar-refractivity contribution in [2.24, 2.45) is 5.41 Å². The summed E-state index contributed by atoms with van der Waals surface area (Å²) in [4.78, 5) is 25.9. The normalized spacial score (nSPS) is 23.1. The fourth-order valence-corrected chi connectivity index (χ4v) is 4.19. The molecule has 0 aliphatic carbocycles. The van der Waals surface area contributed by atoms with Gasteiger partial charge in [0.15, 0.2) is 0 Å². The third kappa shape index (κ3) is 2.94. The molecule has 130 valence electrons. The first-order valence-corrected chi connectivity index (χ1v) is 9.32. The number of hydrogen-bond acceptors (Lipinski definition) is 5. The number of carbonyl (C=O) groups is 1. The lowest BCUT2D eigenvalue weighted by Gasteiger charge is -2.39. The standard InChI is InChI=1S/C18H27N5O/c1-2-14-11-15(21-17(20-14)23-7-3-4-8-23)22-9-5-18(6-10-22)12-16(24)19-13-18/h11H,2-10,12-13H2,1H3,(H,19,24). The Morgan fingerprint density at radius 1 is 1.12 bits per heavy atom. The third-order valence-electron chi connectivity index (χ3n) is 5.85. The van der Waals surface area contributed by atoms with E-state index in [1.165, 1.54) is 12.8 Å². The topological polar surface area (TPSA) is 61.4 Å². The first kappa shape index (κ1) is 15.7. The molecule has 0 bridgehead atoms.